The van der Waals surface area contributed by atoms with Gasteiger partial charge in [0, 0.05) is 17.7 Å². The normalized spacial score (nSPS) is 11.4. The third kappa shape index (κ3) is 4.16. The maximum Gasteiger partial charge on any atom is 0.352 e. The van der Waals surface area contributed by atoms with Crippen LogP contribution in [0.5, 0.6) is 0 Å². The number of nitrogens with zero attached hydrogens (tertiary/aromatic N) is 1. The van der Waals surface area contributed by atoms with Gasteiger partial charge in [-0.2, -0.15) is 0 Å². The summed E-state index contributed by atoms with van der Waals surface area (Å²) in [6.45, 7) is 1.70. The monoisotopic (exact) mass is 329 g/mol. The van der Waals surface area contributed by atoms with Crippen LogP contribution in [0.4, 0.5) is 5.69 Å². The molecular weight excluding hydrogens is 314 g/mol. The summed E-state index contributed by atoms with van der Waals surface area (Å²) < 4.78 is 10.1. The van der Waals surface area contributed by atoms with Crippen LogP contribution in [0.2, 0.25) is 0 Å². The second-order valence-electron chi connectivity index (χ2n) is 4.76. The van der Waals surface area contributed by atoms with Crippen molar-refractivity contribution < 1.29 is 24.0 Å². The Morgan fingerprint density at radius 3 is 2.46 bits per heavy atom. The highest BCUT2D eigenvalue weighted by atomic mass is 16.6. The second-order valence-corrected chi connectivity index (χ2v) is 4.76. The lowest BCUT2D eigenvalue weighted by atomic mass is 10.1. The van der Waals surface area contributed by atoms with E-state index in [-0.39, 0.29) is 23.4 Å². The summed E-state index contributed by atoms with van der Waals surface area (Å²) in [4.78, 5) is 34.6. The van der Waals surface area contributed by atoms with Gasteiger partial charge < -0.3 is 9.47 Å². The summed E-state index contributed by atoms with van der Waals surface area (Å²) in [6, 6.07) is 13.5. The standard InChI is InChI=1S/C17H15NO6/c1-2-23-17(20)15(13-9-6-10-14(11-13)18(21)22)24-16(19)12-7-4-3-5-8-12/h3-11,15H,2H2,1H3/t15-/m0/s1. The van der Waals surface area contributed by atoms with Crippen molar-refractivity contribution in [2.75, 3.05) is 6.61 Å². The van der Waals surface area contributed by atoms with Gasteiger partial charge in [0.25, 0.3) is 5.69 Å². The Labute approximate surface area is 138 Å². The van der Waals surface area contributed by atoms with E-state index >= 15 is 0 Å². The summed E-state index contributed by atoms with van der Waals surface area (Å²) in [5.74, 6) is -1.51. The van der Waals surface area contributed by atoms with Gasteiger partial charge in [0.05, 0.1) is 17.1 Å². The van der Waals surface area contributed by atoms with E-state index in [1.807, 2.05) is 0 Å². The van der Waals surface area contributed by atoms with Gasteiger partial charge >= 0.3 is 11.9 Å². The molecule has 0 spiro atoms. The van der Waals surface area contributed by atoms with Crippen LogP contribution < -0.4 is 0 Å². The molecule has 0 radical (unpaired) electrons. The van der Waals surface area contributed by atoms with Crippen LogP contribution in [0.1, 0.15) is 28.9 Å². The molecule has 7 heteroatoms. The number of hydrogen-bond acceptors (Lipinski definition) is 6. The van der Waals surface area contributed by atoms with Gasteiger partial charge in [0.2, 0.25) is 6.10 Å². The van der Waals surface area contributed by atoms with Gasteiger partial charge in [-0.25, -0.2) is 9.59 Å². The summed E-state index contributed by atoms with van der Waals surface area (Å²) in [5.41, 5.74) is 0.224. The number of nitro benzene ring substituents is 1. The van der Waals surface area contributed by atoms with Crippen molar-refractivity contribution in [3.05, 3.63) is 75.8 Å². The summed E-state index contributed by atoms with van der Waals surface area (Å²) in [7, 11) is 0. The second kappa shape index (κ2) is 7.87. The first-order chi connectivity index (χ1) is 11.5. The Morgan fingerprint density at radius 1 is 1.12 bits per heavy atom. The number of benzene rings is 2. The largest absolute Gasteiger partial charge is 0.463 e. The van der Waals surface area contributed by atoms with Crippen molar-refractivity contribution in [3.8, 4) is 0 Å². The smallest absolute Gasteiger partial charge is 0.352 e. The van der Waals surface area contributed by atoms with E-state index in [1.54, 1.807) is 25.1 Å². The molecule has 7 nitrogen and oxygen atoms in total. The van der Waals surface area contributed by atoms with Gasteiger partial charge in [-0.3, -0.25) is 10.1 Å². The zero-order valence-electron chi connectivity index (χ0n) is 12.9. The molecule has 124 valence electrons. The van der Waals surface area contributed by atoms with E-state index in [0.29, 0.717) is 0 Å². The van der Waals surface area contributed by atoms with Gasteiger partial charge in [0.1, 0.15) is 0 Å². The molecule has 0 amide bonds. The van der Waals surface area contributed by atoms with Crippen molar-refractivity contribution in [2.45, 2.75) is 13.0 Å². The number of hydrogen-bond donors (Lipinski definition) is 0. The summed E-state index contributed by atoms with van der Waals surface area (Å²) >= 11 is 0. The molecule has 0 fully saturated rings. The van der Waals surface area contributed by atoms with E-state index in [1.165, 1.54) is 36.4 Å². The zero-order chi connectivity index (χ0) is 17.5. The van der Waals surface area contributed by atoms with Crippen LogP contribution in [0.15, 0.2) is 54.6 Å². The first-order valence-corrected chi connectivity index (χ1v) is 7.20. The number of non-ortho nitro benzene ring substituents is 1. The molecule has 0 saturated heterocycles. The fourth-order valence-corrected chi connectivity index (χ4v) is 2.02. The predicted molar refractivity (Wildman–Crippen MR) is 84.3 cm³/mol. The van der Waals surface area contributed by atoms with Crippen LogP contribution in [-0.2, 0) is 14.3 Å². The van der Waals surface area contributed by atoms with Crippen LogP contribution in [0, 0.1) is 10.1 Å². The van der Waals surface area contributed by atoms with E-state index in [2.05, 4.69) is 0 Å². The Balaban J connectivity index is 2.31. The Morgan fingerprint density at radius 2 is 1.83 bits per heavy atom. The van der Waals surface area contributed by atoms with Crippen LogP contribution in [0.3, 0.4) is 0 Å². The van der Waals surface area contributed by atoms with Crippen molar-refractivity contribution in [2.24, 2.45) is 0 Å². The molecule has 2 aromatic carbocycles. The molecule has 0 saturated carbocycles. The molecular formula is C17H15NO6. The minimum absolute atomic E-state index is 0.0904. The first kappa shape index (κ1) is 17.1. The van der Waals surface area contributed by atoms with E-state index < -0.39 is 23.0 Å². The molecule has 0 aliphatic carbocycles. The van der Waals surface area contributed by atoms with E-state index in [0.717, 1.165) is 0 Å². The highest BCUT2D eigenvalue weighted by molar-refractivity contribution is 5.91. The number of carbonyl (C=O) groups excluding carboxylic acids is 2. The highest BCUT2D eigenvalue weighted by Gasteiger charge is 2.28. The van der Waals surface area contributed by atoms with Crippen molar-refractivity contribution >= 4 is 17.6 Å². The van der Waals surface area contributed by atoms with Crippen molar-refractivity contribution in [1.29, 1.82) is 0 Å². The third-order valence-electron chi connectivity index (χ3n) is 3.12. The quantitative estimate of drug-likeness (QED) is 0.459. The number of ether oxygens (including phenoxy) is 2. The number of rotatable bonds is 6. The van der Waals surface area contributed by atoms with E-state index in [9.17, 15) is 19.7 Å². The maximum atomic E-state index is 12.2. The Bertz CT molecular complexity index is 744. The third-order valence-corrected chi connectivity index (χ3v) is 3.12. The topological polar surface area (TPSA) is 95.7 Å². The van der Waals surface area contributed by atoms with Gasteiger partial charge in [0.15, 0.2) is 0 Å². The molecule has 0 aliphatic rings. The summed E-state index contributed by atoms with van der Waals surface area (Å²) in [5, 5.41) is 10.9. The number of carbonyl (C=O) groups is 2. The average molecular weight is 329 g/mol. The number of nitro groups is 1. The minimum atomic E-state index is -1.38. The van der Waals surface area contributed by atoms with Crippen molar-refractivity contribution in [3.63, 3.8) is 0 Å². The lowest BCUT2D eigenvalue weighted by Crippen LogP contribution is -2.22. The molecule has 1 atom stereocenters. The molecule has 0 unspecified atom stereocenters. The van der Waals surface area contributed by atoms with Gasteiger partial charge in [-0.05, 0) is 19.1 Å². The lowest BCUT2D eigenvalue weighted by Gasteiger charge is -2.16. The minimum Gasteiger partial charge on any atom is -0.463 e. The first-order valence-electron chi connectivity index (χ1n) is 7.20. The predicted octanol–water partition coefficient (Wildman–Crippen LogP) is 3.06. The van der Waals surface area contributed by atoms with Crippen molar-refractivity contribution in [1.82, 2.24) is 0 Å². The molecule has 0 bridgehead atoms. The number of esters is 2. The van der Waals surface area contributed by atoms with Gasteiger partial charge in [-0.15, -0.1) is 0 Å². The zero-order valence-corrected chi connectivity index (χ0v) is 12.9. The van der Waals surface area contributed by atoms with E-state index in [4.69, 9.17) is 9.47 Å². The Kier molecular flexibility index (Phi) is 5.62. The molecule has 0 aromatic heterocycles. The van der Waals surface area contributed by atoms with Crippen LogP contribution in [-0.4, -0.2) is 23.5 Å². The molecule has 2 aromatic rings. The molecule has 0 heterocycles. The average Bonchev–Trinajstić information content (AvgIpc) is 2.60. The van der Waals surface area contributed by atoms with Crippen LogP contribution >= 0.6 is 0 Å². The fourth-order valence-electron chi connectivity index (χ4n) is 2.02. The van der Waals surface area contributed by atoms with Gasteiger partial charge in [-0.1, -0.05) is 30.3 Å². The fraction of sp³-hybridized carbons (Fsp3) is 0.176. The summed E-state index contributed by atoms with van der Waals surface area (Å²) in [6.07, 6.45) is -1.38. The molecule has 24 heavy (non-hydrogen) atoms. The maximum absolute atomic E-state index is 12.2. The molecule has 2 rings (SSSR count). The van der Waals surface area contributed by atoms with Crippen LogP contribution in [0.25, 0.3) is 0 Å². The highest BCUT2D eigenvalue weighted by Crippen LogP contribution is 2.24. The lowest BCUT2D eigenvalue weighted by molar-refractivity contribution is -0.385. The molecule has 0 N–H and O–H groups in total. The molecule has 0 aliphatic heterocycles. The SMILES string of the molecule is CCOC(=O)[C@@H](OC(=O)c1ccccc1)c1cccc([N+](=O)[O-])c1. The Hall–Kier alpha value is -3.22.